The van der Waals surface area contributed by atoms with Crippen LogP contribution in [0.2, 0.25) is 5.02 Å². The van der Waals surface area contributed by atoms with Crippen LogP contribution in [0.3, 0.4) is 0 Å². The van der Waals surface area contributed by atoms with Gasteiger partial charge in [0.15, 0.2) is 0 Å². The second-order valence-corrected chi connectivity index (χ2v) is 5.29. The number of ether oxygens (including phenoxy) is 1. The minimum atomic E-state index is -0.414. The van der Waals surface area contributed by atoms with E-state index in [0.29, 0.717) is 15.2 Å². The summed E-state index contributed by atoms with van der Waals surface area (Å²) in [4.78, 5) is 0. The number of nitrogens with two attached hydrogens (primary N) is 1. The molecular formula is C14H12BrClFNO. The van der Waals surface area contributed by atoms with Crippen LogP contribution in [0.25, 0.3) is 0 Å². The van der Waals surface area contributed by atoms with Gasteiger partial charge in [-0.15, -0.1) is 0 Å². The molecule has 2 aromatic carbocycles. The first-order valence-corrected chi connectivity index (χ1v) is 6.84. The first-order chi connectivity index (χ1) is 9.10. The summed E-state index contributed by atoms with van der Waals surface area (Å²) in [6.45, 7) is 0.248. The summed E-state index contributed by atoms with van der Waals surface area (Å²) < 4.78 is 19.6. The Hall–Kier alpha value is -1.10. The standard InChI is InChI=1S/C14H12BrClFNO/c15-9-5-10(17)7-11(6-9)19-14(8-18)12-3-1-2-4-13(12)16/h1-7,14H,8,18H2. The maximum Gasteiger partial charge on any atom is 0.137 e. The average molecular weight is 345 g/mol. The molecule has 2 aromatic rings. The molecule has 1 unspecified atom stereocenters. The van der Waals surface area contributed by atoms with Gasteiger partial charge in [0.1, 0.15) is 17.7 Å². The van der Waals surface area contributed by atoms with Crippen molar-refractivity contribution in [2.24, 2.45) is 5.73 Å². The van der Waals surface area contributed by atoms with E-state index in [1.807, 2.05) is 18.2 Å². The van der Waals surface area contributed by atoms with E-state index in [-0.39, 0.29) is 12.4 Å². The number of benzene rings is 2. The molecule has 100 valence electrons. The molecule has 19 heavy (non-hydrogen) atoms. The fourth-order valence-corrected chi connectivity index (χ4v) is 2.44. The molecule has 2 nitrogen and oxygen atoms in total. The van der Waals surface area contributed by atoms with Gasteiger partial charge in [-0.05, 0) is 18.2 Å². The second kappa shape index (κ2) is 6.37. The van der Waals surface area contributed by atoms with Crippen molar-refractivity contribution in [3.8, 4) is 5.75 Å². The van der Waals surface area contributed by atoms with E-state index in [1.54, 1.807) is 12.1 Å². The van der Waals surface area contributed by atoms with E-state index in [9.17, 15) is 4.39 Å². The first kappa shape index (κ1) is 14.3. The van der Waals surface area contributed by atoms with Crippen LogP contribution in [0.5, 0.6) is 5.75 Å². The Morgan fingerprint density at radius 1 is 1.26 bits per heavy atom. The molecule has 2 rings (SSSR count). The van der Waals surface area contributed by atoms with Crippen LogP contribution in [-0.4, -0.2) is 6.54 Å². The first-order valence-electron chi connectivity index (χ1n) is 5.67. The lowest BCUT2D eigenvalue weighted by molar-refractivity contribution is 0.213. The van der Waals surface area contributed by atoms with Crippen molar-refractivity contribution in [1.29, 1.82) is 0 Å². The molecule has 0 saturated carbocycles. The lowest BCUT2D eigenvalue weighted by atomic mass is 10.1. The molecule has 0 saturated heterocycles. The third-order valence-corrected chi connectivity index (χ3v) is 3.38. The summed E-state index contributed by atoms with van der Waals surface area (Å²) in [6, 6.07) is 11.7. The van der Waals surface area contributed by atoms with E-state index in [4.69, 9.17) is 22.1 Å². The second-order valence-electron chi connectivity index (χ2n) is 3.97. The zero-order valence-corrected chi connectivity index (χ0v) is 12.3. The number of hydrogen-bond acceptors (Lipinski definition) is 2. The topological polar surface area (TPSA) is 35.2 Å². The molecule has 0 aliphatic carbocycles. The van der Waals surface area contributed by atoms with Crippen LogP contribution < -0.4 is 10.5 Å². The van der Waals surface area contributed by atoms with Crippen LogP contribution in [0.15, 0.2) is 46.9 Å². The highest BCUT2D eigenvalue weighted by Crippen LogP contribution is 2.28. The van der Waals surface area contributed by atoms with Gasteiger partial charge in [0.05, 0.1) is 0 Å². The van der Waals surface area contributed by atoms with Gasteiger partial charge >= 0.3 is 0 Å². The van der Waals surface area contributed by atoms with Crippen molar-refractivity contribution in [1.82, 2.24) is 0 Å². The zero-order valence-electron chi connectivity index (χ0n) is 9.95. The van der Waals surface area contributed by atoms with Gasteiger partial charge in [0.2, 0.25) is 0 Å². The Balaban J connectivity index is 2.26. The molecular weight excluding hydrogens is 333 g/mol. The van der Waals surface area contributed by atoms with Crippen molar-refractivity contribution in [2.45, 2.75) is 6.10 Å². The molecule has 2 N–H and O–H groups in total. The Bertz CT molecular complexity index is 559. The lowest BCUT2D eigenvalue weighted by Gasteiger charge is -2.19. The molecule has 0 amide bonds. The summed E-state index contributed by atoms with van der Waals surface area (Å²) in [7, 11) is 0. The molecule has 0 aromatic heterocycles. The Morgan fingerprint density at radius 3 is 2.63 bits per heavy atom. The Kier molecular flexibility index (Phi) is 4.80. The largest absolute Gasteiger partial charge is 0.484 e. The Morgan fingerprint density at radius 2 is 2.00 bits per heavy atom. The molecule has 0 fully saturated rings. The van der Waals surface area contributed by atoms with Crippen molar-refractivity contribution < 1.29 is 9.13 Å². The maximum atomic E-state index is 13.3. The van der Waals surface area contributed by atoms with E-state index in [2.05, 4.69) is 15.9 Å². The normalized spacial score (nSPS) is 12.2. The molecule has 0 aliphatic rings. The van der Waals surface area contributed by atoms with Crippen LogP contribution in [0.4, 0.5) is 4.39 Å². The van der Waals surface area contributed by atoms with Crippen LogP contribution in [0.1, 0.15) is 11.7 Å². The average Bonchev–Trinajstić information content (AvgIpc) is 2.36. The van der Waals surface area contributed by atoms with Crippen molar-refractivity contribution in [2.75, 3.05) is 6.54 Å². The van der Waals surface area contributed by atoms with Crippen molar-refractivity contribution in [3.63, 3.8) is 0 Å². The number of hydrogen-bond donors (Lipinski definition) is 1. The van der Waals surface area contributed by atoms with E-state index in [1.165, 1.54) is 12.1 Å². The summed E-state index contributed by atoms with van der Waals surface area (Å²) >= 11 is 9.33. The van der Waals surface area contributed by atoms with Crippen LogP contribution in [0, 0.1) is 5.82 Å². The lowest BCUT2D eigenvalue weighted by Crippen LogP contribution is -2.18. The maximum absolute atomic E-state index is 13.3. The molecule has 0 aliphatic heterocycles. The van der Waals surface area contributed by atoms with Gasteiger partial charge in [0, 0.05) is 27.7 Å². The molecule has 0 heterocycles. The minimum absolute atomic E-state index is 0.248. The number of rotatable bonds is 4. The SMILES string of the molecule is NCC(Oc1cc(F)cc(Br)c1)c1ccccc1Cl. The quantitative estimate of drug-likeness (QED) is 0.896. The molecule has 5 heteroatoms. The summed E-state index contributed by atoms with van der Waals surface area (Å²) in [5, 5.41) is 0.577. The predicted molar refractivity (Wildman–Crippen MR) is 78.0 cm³/mol. The van der Waals surface area contributed by atoms with Crippen molar-refractivity contribution >= 4 is 27.5 Å². The van der Waals surface area contributed by atoms with E-state index in [0.717, 1.165) is 5.56 Å². The highest BCUT2D eigenvalue weighted by atomic mass is 79.9. The zero-order chi connectivity index (χ0) is 13.8. The van der Waals surface area contributed by atoms with E-state index < -0.39 is 6.10 Å². The van der Waals surface area contributed by atoms with Crippen molar-refractivity contribution in [3.05, 3.63) is 63.3 Å². The fourth-order valence-electron chi connectivity index (χ4n) is 1.74. The summed E-state index contributed by atoms with van der Waals surface area (Å²) in [5.41, 5.74) is 6.49. The molecule has 1 atom stereocenters. The Labute approximate surface area is 124 Å². The molecule has 0 bridgehead atoms. The predicted octanol–water partition coefficient (Wildman–Crippen LogP) is 4.32. The molecule has 0 radical (unpaired) electrons. The fraction of sp³-hybridized carbons (Fsp3) is 0.143. The number of halogens is 3. The third-order valence-electron chi connectivity index (χ3n) is 2.58. The van der Waals surface area contributed by atoms with Crippen LogP contribution >= 0.6 is 27.5 Å². The highest BCUT2D eigenvalue weighted by molar-refractivity contribution is 9.10. The highest BCUT2D eigenvalue weighted by Gasteiger charge is 2.15. The third kappa shape index (κ3) is 3.69. The van der Waals surface area contributed by atoms with Gasteiger partial charge in [0.25, 0.3) is 0 Å². The minimum Gasteiger partial charge on any atom is -0.484 e. The van der Waals surface area contributed by atoms with Gasteiger partial charge < -0.3 is 10.5 Å². The monoisotopic (exact) mass is 343 g/mol. The van der Waals surface area contributed by atoms with E-state index >= 15 is 0 Å². The van der Waals surface area contributed by atoms with Gasteiger partial charge in [-0.3, -0.25) is 0 Å². The molecule has 0 spiro atoms. The smallest absolute Gasteiger partial charge is 0.137 e. The van der Waals surface area contributed by atoms with Gasteiger partial charge in [-0.1, -0.05) is 45.7 Å². The van der Waals surface area contributed by atoms with Crippen LogP contribution in [-0.2, 0) is 0 Å². The summed E-state index contributed by atoms with van der Waals surface area (Å²) in [5.74, 6) is 0.0292. The van der Waals surface area contributed by atoms with Gasteiger partial charge in [-0.25, -0.2) is 4.39 Å². The van der Waals surface area contributed by atoms with Gasteiger partial charge in [-0.2, -0.15) is 0 Å². The summed E-state index contributed by atoms with van der Waals surface area (Å²) in [6.07, 6.45) is -0.414.